The number of aromatic nitrogens is 1. The predicted octanol–water partition coefficient (Wildman–Crippen LogP) is 5.13. The topological polar surface area (TPSA) is 22.1 Å². The summed E-state index contributed by atoms with van der Waals surface area (Å²) in [5.74, 6) is 1.38. The SMILES string of the molecule is Cc1cc(Oc2nc(Br)cs2)ccc1C(C)C. The molecule has 90 valence electrons. The number of benzene rings is 1. The molecule has 0 spiro atoms. The molecule has 0 amide bonds. The summed E-state index contributed by atoms with van der Waals surface area (Å²) in [5, 5.41) is 2.57. The molecule has 0 atom stereocenters. The van der Waals surface area contributed by atoms with E-state index >= 15 is 0 Å². The van der Waals surface area contributed by atoms with Gasteiger partial charge in [-0.15, -0.1) is 0 Å². The van der Waals surface area contributed by atoms with Gasteiger partial charge in [-0.2, -0.15) is 4.98 Å². The summed E-state index contributed by atoms with van der Waals surface area (Å²) in [4.78, 5) is 4.21. The van der Waals surface area contributed by atoms with Gasteiger partial charge >= 0.3 is 0 Å². The number of ether oxygens (including phenoxy) is 1. The summed E-state index contributed by atoms with van der Waals surface area (Å²) in [7, 11) is 0. The second kappa shape index (κ2) is 5.19. The number of rotatable bonds is 3. The molecule has 0 bridgehead atoms. The van der Waals surface area contributed by atoms with Gasteiger partial charge in [-0.05, 0) is 52.0 Å². The highest BCUT2D eigenvalue weighted by Crippen LogP contribution is 2.29. The maximum atomic E-state index is 5.69. The summed E-state index contributed by atoms with van der Waals surface area (Å²) < 4.78 is 6.51. The number of halogens is 1. The Morgan fingerprint density at radius 1 is 1.35 bits per heavy atom. The van der Waals surface area contributed by atoms with Crippen molar-refractivity contribution in [2.45, 2.75) is 26.7 Å². The zero-order chi connectivity index (χ0) is 12.4. The van der Waals surface area contributed by atoms with Crippen LogP contribution in [0.5, 0.6) is 10.9 Å². The van der Waals surface area contributed by atoms with Crippen LogP contribution in [0.3, 0.4) is 0 Å². The van der Waals surface area contributed by atoms with Crippen molar-refractivity contribution in [3.63, 3.8) is 0 Å². The van der Waals surface area contributed by atoms with Crippen LogP contribution < -0.4 is 4.74 Å². The van der Waals surface area contributed by atoms with E-state index in [9.17, 15) is 0 Å². The van der Waals surface area contributed by atoms with E-state index in [2.05, 4.69) is 53.8 Å². The van der Waals surface area contributed by atoms with E-state index in [1.165, 1.54) is 22.5 Å². The van der Waals surface area contributed by atoms with Crippen molar-refractivity contribution in [3.05, 3.63) is 39.3 Å². The fraction of sp³-hybridized carbons (Fsp3) is 0.308. The van der Waals surface area contributed by atoms with Gasteiger partial charge in [0.1, 0.15) is 10.4 Å². The van der Waals surface area contributed by atoms with Gasteiger partial charge in [0.05, 0.1) is 0 Å². The van der Waals surface area contributed by atoms with E-state index in [1.807, 2.05) is 11.4 Å². The minimum atomic E-state index is 0.540. The molecule has 1 heterocycles. The molecule has 0 aliphatic carbocycles. The molecule has 4 heteroatoms. The summed E-state index contributed by atoms with van der Waals surface area (Å²) in [6.45, 7) is 6.50. The minimum Gasteiger partial charge on any atom is -0.431 e. The average molecular weight is 312 g/mol. The van der Waals surface area contributed by atoms with Crippen molar-refractivity contribution in [3.8, 4) is 10.9 Å². The molecule has 0 radical (unpaired) electrons. The van der Waals surface area contributed by atoms with Crippen LogP contribution in [-0.2, 0) is 0 Å². The molecule has 2 nitrogen and oxygen atoms in total. The van der Waals surface area contributed by atoms with Crippen LogP contribution in [0.15, 0.2) is 28.2 Å². The van der Waals surface area contributed by atoms with Crippen LogP contribution in [-0.4, -0.2) is 4.98 Å². The van der Waals surface area contributed by atoms with Crippen LogP contribution in [0.1, 0.15) is 30.9 Å². The molecule has 1 aromatic heterocycles. The Balaban J connectivity index is 2.20. The van der Waals surface area contributed by atoms with Gasteiger partial charge in [0.2, 0.25) is 0 Å². The first-order valence-corrected chi connectivity index (χ1v) is 7.13. The average Bonchev–Trinajstić information content (AvgIpc) is 2.63. The molecule has 0 unspecified atom stereocenters. The van der Waals surface area contributed by atoms with E-state index in [0.717, 1.165) is 10.4 Å². The quantitative estimate of drug-likeness (QED) is 0.784. The highest BCUT2D eigenvalue weighted by molar-refractivity contribution is 9.10. The first-order valence-electron chi connectivity index (χ1n) is 5.45. The van der Waals surface area contributed by atoms with Gasteiger partial charge in [-0.25, -0.2) is 0 Å². The highest BCUT2D eigenvalue weighted by atomic mass is 79.9. The maximum Gasteiger partial charge on any atom is 0.279 e. The van der Waals surface area contributed by atoms with Gasteiger partial charge < -0.3 is 4.74 Å². The van der Waals surface area contributed by atoms with Gasteiger partial charge in [0.25, 0.3) is 5.19 Å². The molecule has 2 rings (SSSR count). The monoisotopic (exact) mass is 311 g/mol. The van der Waals surface area contributed by atoms with Crippen molar-refractivity contribution in [2.24, 2.45) is 0 Å². The van der Waals surface area contributed by atoms with E-state index in [-0.39, 0.29) is 0 Å². The lowest BCUT2D eigenvalue weighted by atomic mass is 9.98. The standard InChI is InChI=1S/C13H14BrNOS/c1-8(2)11-5-4-10(6-9(11)3)16-13-15-12(14)7-17-13/h4-8H,1-3H3. The van der Waals surface area contributed by atoms with Crippen molar-refractivity contribution in [1.29, 1.82) is 0 Å². The molecule has 0 aliphatic heterocycles. The Bertz CT molecular complexity index is 522. The third-order valence-corrected chi connectivity index (χ3v) is 3.95. The van der Waals surface area contributed by atoms with Crippen LogP contribution in [0.4, 0.5) is 0 Å². The molecule has 0 aliphatic rings. The Hall–Kier alpha value is -0.870. The van der Waals surface area contributed by atoms with Gasteiger partial charge in [0.15, 0.2) is 0 Å². The third kappa shape index (κ3) is 3.07. The summed E-state index contributed by atoms with van der Waals surface area (Å²) >= 11 is 4.79. The smallest absolute Gasteiger partial charge is 0.279 e. The Labute approximate surface area is 114 Å². The van der Waals surface area contributed by atoms with Gasteiger partial charge in [-0.3, -0.25) is 0 Å². The lowest BCUT2D eigenvalue weighted by Gasteiger charge is -2.11. The van der Waals surface area contributed by atoms with Crippen molar-refractivity contribution in [1.82, 2.24) is 4.98 Å². The lowest BCUT2D eigenvalue weighted by Crippen LogP contribution is -1.92. The van der Waals surface area contributed by atoms with E-state index in [1.54, 1.807) is 0 Å². The Morgan fingerprint density at radius 2 is 2.12 bits per heavy atom. The van der Waals surface area contributed by atoms with Crippen molar-refractivity contribution < 1.29 is 4.74 Å². The molecule has 0 saturated carbocycles. The van der Waals surface area contributed by atoms with Crippen molar-refractivity contribution >= 4 is 27.3 Å². The van der Waals surface area contributed by atoms with Crippen LogP contribution in [0.2, 0.25) is 0 Å². The van der Waals surface area contributed by atoms with E-state index in [0.29, 0.717) is 11.1 Å². The molecule has 17 heavy (non-hydrogen) atoms. The zero-order valence-corrected chi connectivity index (χ0v) is 12.4. The largest absolute Gasteiger partial charge is 0.431 e. The molecule has 0 N–H and O–H groups in total. The zero-order valence-electron chi connectivity index (χ0n) is 10.0. The summed E-state index contributed by atoms with van der Waals surface area (Å²) in [5.41, 5.74) is 2.62. The molecule has 1 aromatic carbocycles. The van der Waals surface area contributed by atoms with Gasteiger partial charge in [-0.1, -0.05) is 31.3 Å². The number of hydrogen-bond donors (Lipinski definition) is 0. The van der Waals surface area contributed by atoms with Crippen LogP contribution in [0, 0.1) is 6.92 Å². The summed E-state index contributed by atoms with van der Waals surface area (Å²) in [6.07, 6.45) is 0. The molecular weight excluding hydrogens is 298 g/mol. The fourth-order valence-electron chi connectivity index (χ4n) is 1.75. The predicted molar refractivity (Wildman–Crippen MR) is 75.2 cm³/mol. The highest BCUT2D eigenvalue weighted by Gasteiger charge is 2.07. The fourth-order valence-corrected chi connectivity index (χ4v) is 2.85. The van der Waals surface area contributed by atoms with Crippen LogP contribution in [0.25, 0.3) is 0 Å². The van der Waals surface area contributed by atoms with E-state index < -0.39 is 0 Å². The first-order chi connectivity index (χ1) is 8.06. The van der Waals surface area contributed by atoms with Crippen LogP contribution >= 0.6 is 27.3 Å². The Morgan fingerprint density at radius 3 is 2.65 bits per heavy atom. The molecular formula is C13H14BrNOS. The Kier molecular flexibility index (Phi) is 3.84. The molecule has 0 fully saturated rings. The second-order valence-corrected chi connectivity index (χ2v) is 5.84. The third-order valence-electron chi connectivity index (χ3n) is 2.52. The van der Waals surface area contributed by atoms with Crippen molar-refractivity contribution in [2.75, 3.05) is 0 Å². The second-order valence-electron chi connectivity index (χ2n) is 4.21. The number of hydrogen-bond acceptors (Lipinski definition) is 3. The molecule has 2 aromatic rings. The maximum absolute atomic E-state index is 5.69. The van der Waals surface area contributed by atoms with E-state index in [4.69, 9.17) is 4.74 Å². The number of nitrogens with zero attached hydrogens (tertiary/aromatic N) is 1. The minimum absolute atomic E-state index is 0.540. The number of aryl methyl sites for hydroxylation is 1. The number of thiazole rings is 1. The summed E-state index contributed by atoms with van der Waals surface area (Å²) in [6, 6.07) is 6.18. The molecule has 0 saturated heterocycles. The first kappa shape index (κ1) is 12.6. The van der Waals surface area contributed by atoms with Gasteiger partial charge in [0, 0.05) is 5.38 Å². The normalized spacial score (nSPS) is 10.9. The lowest BCUT2D eigenvalue weighted by molar-refractivity contribution is 0.477.